The van der Waals surface area contributed by atoms with E-state index in [2.05, 4.69) is 0 Å². The summed E-state index contributed by atoms with van der Waals surface area (Å²) >= 11 is 0. The predicted molar refractivity (Wildman–Crippen MR) is 41.8 cm³/mol. The zero-order chi connectivity index (χ0) is 6.97. The Morgan fingerprint density at radius 2 is 1.80 bits per heavy atom. The van der Waals surface area contributed by atoms with E-state index in [0.29, 0.717) is 0 Å². The van der Waals surface area contributed by atoms with Crippen molar-refractivity contribution in [2.24, 2.45) is 11.8 Å². The molecule has 0 N–H and O–H groups in total. The van der Waals surface area contributed by atoms with Crippen molar-refractivity contribution in [2.75, 3.05) is 13.1 Å². The molecule has 0 aromatic carbocycles. The van der Waals surface area contributed by atoms with Crippen molar-refractivity contribution in [3.8, 4) is 0 Å². The summed E-state index contributed by atoms with van der Waals surface area (Å²) in [6, 6.07) is 0. The maximum Gasteiger partial charge on any atom is 0.142 e. The minimum Gasteiger partial charge on any atom is -0.258 e. The smallest absolute Gasteiger partial charge is 0.142 e. The van der Waals surface area contributed by atoms with Gasteiger partial charge in [-0.1, -0.05) is 6.42 Å². The summed E-state index contributed by atoms with van der Waals surface area (Å²) in [5, 5.41) is 0. The minimum atomic E-state index is -0.446. The van der Waals surface area contributed by atoms with Crippen LogP contribution in [0.5, 0.6) is 0 Å². The van der Waals surface area contributed by atoms with Crippen molar-refractivity contribution in [2.45, 2.75) is 19.3 Å². The van der Waals surface area contributed by atoms with E-state index in [0.717, 1.165) is 24.9 Å². The van der Waals surface area contributed by atoms with E-state index < -0.39 is 9.04 Å². The molecule has 2 rings (SSSR count). The molecule has 1 aliphatic heterocycles. The van der Waals surface area contributed by atoms with Gasteiger partial charge >= 0.3 is 0 Å². The molecule has 0 amide bonds. The third-order valence-electron chi connectivity index (χ3n) is 2.85. The summed E-state index contributed by atoms with van der Waals surface area (Å²) in [6.07, 6.45) is 4.09. The fourth-order valence-corrected chi connectivity index (χ4v) is 2.91. The number of fused-ring (bicyclic) bond motifs is 1. The fourth-order valence-electron chi connectivity index (χ4n) is 2.30. The fraction of sp³-hybridized carbons (Fsp3) is 1.00. The van der Waals surface area contributed by atoms with Crippen molar-refractivity contribution in [1.82, 2.24) is 4.67 Å². The molecule has 0 aromatic heterocycles. The van der Waals surface area contributed by atoms with Crippen molar-refractivity contribution in [3.05, 3.63) is 0 Å². The van der Waals surface area contributed by atoms with Crippen LogP contribution in [0.1, 0.15) is 19.3 Å². The predicted octanol–water partition coefficient (Wildman–Crippen LogP) is 2.20. The second-order valence-electron chi connectivity index (χ2n) is 3.44. The highest BCUT2D eigenvalue weighted by Gasteiger charge is 2.35. The van der Waals surface area contributed by atoms with Crippen LogP contribution in [0.3, 0.4) is 0 Å². The quantitative estimate of drug-likeness (QED) is 0.533. The van der Waals surface area contributed by atoms with E-state index in [4.69, 9.17) is 0 Å². The molecule has 0 spiro atoms. The van der Waals surface area contributed by atoms with Crippen molar-refractivity contribution >= 4 is 9.04 Å². The van der Waals surface area contributed by atoms with Gasteiger partial charge in [-0.05, 0) is 24.7 Å². The summed E-state index contributed by atoms with van der Waals surface area (Å²) in [7, 11) is -0.446. The van der Waals surface area contributed by atoms with Crippen LogP contribution in [-0.2, 0) is 0 Å². The monoisotopic (exact) mass is 161 g/mol. The molecule has 2 fully saturated rings. The van der Waals surface area contributed by atoms with E-state index >= 15 is 0 Å². The number of halogens is 1. The highest BCUT2D eigenvalue weighted by atomic mass is 31.1. The van der Waals surface area contributed by atoms with Crippen LogP contribution in [-0.4, -0.2) is 17.8 Å². The van der Waals surface area contributed by atoms with Crippen molar-refractivity contribution < 1.29 is 4.20 Å². The lowest BCUT2D eigenvalue weighted by atomic mass is 10.0. The van der Waals surface area contributed by atoms with E-state index in [1.165, 1.54) is 19.3 Å². The molecule has 1 saturated carbocycles. The molecular formula is C7H13FNP. The summed E-state index contributed by atoms with van der Waals surface area (Å²) in [6.45, 7) is 2.08. The first-order valence-electron chi connectivity index (χ1n) is 4.01. The van der Waals surface area contributed by atoms with Gasteiger partial charge in [-0.3, -0.25) is 4.67 Å². The molecular weight excluding hydrogens is 148 g/mol. The first kappa shape index (κ1) is 7.00. The highest BCUT2D eigenvalue weighted by Crippen LogP contribution is 2.41. The third-order valence-corrected chi connectivity index (χ3v) is 3.45. The van der Waals surface area contributed by atoms with Gasteiger partial charge in [0, 0.05) is 13.1 Å². The van der Waals surface area contributed by atoms with Gasteiger partial charge in [0.15, 0.2) is 0 Å². The molecule has 1 nitrogen and oxygen atoms in total. The first-order chi connectivity index (χ1) is 4.90. The number of nitrogens with zero attached hydrogens (tertiary/aromatic N) is 1. The van der Waals surface area contributed by atoms with Gasteiger partial charge in [0.05, 0.1) is 0 Å². The van der Waals surface area contributed by atoms with E-state index in [1.54, 1.807) is 0 Å². The van der Waals surface area contributed by atoms with Crippen LogP contribution in [0.2, 0.25) is 0 Å². The van der Waals surface area contributed by atoms with E-state index in [1.807, 2.05) is 4.67 Å². The van der Waals surface area contributed by atoms with Gasteiger partial charge in [-0.15, -0.1) is 0 Å². The Hall–Kier alpha value is 0.320. The zero-order valence-corrected chi connectivity index (χ0v) is 7.02. The number of rotatable bonds is 1. The third kappa shape index (κ3) is 1.08. The molecule has 58 valence electrons. The Bertz CT molecular complexity index is 119. The van der Waals surface area contributed by atoms with Gasteiger partial charge in [-0.25, -0.2) is 4.20 Å². The van der Waals surface area contributed by atoms with Gasteiger partial charge in [0.25, 0.3) is 0 Å². The molecule has 1 heterocycles. The lowest BCUT2D eigenvalue weighted by Crippen LogP contribution is -2.09. The molecule has 1 saturated heterocycles. The summed E-state index contributed by atoms with van der Waals surface area (Å²) in [4.78, 5) is 0. The van der Waals surface area contributed by atoms with Crippen LogP contribution >= 0.6 is 9.04 Å². The summed E-state index contributed by atoms with van der Waals surface area (Å²) < 4.78 is 14.1. The summed E-state index contributed by atoms with van der Waals surface area (Å²) in [5.74, 6) is 1.70. The van der Waals surface area contributed by atoms with E-state index in [9.17, 15) is 4.20 Å². The largest absolute Gasteiger partial charge is 0.258 e. The van der Waals surface area contributed by atoms with Crippen molar-refractivity contribution in [1.29, 1.82) is 0 Å². The lowest BCUT2D eigenvalue weighted by molar-refractivity contribution is 0.491. The molecule has 0 bridgehead atoms. The maximum atomic E-state index is 12.2. The Balaban J connectivity index is 1.94. The van der Waals surface area contributed by atoms with Crippen LogP contribution in [0.4, 0.5) is 4.20 Å². The molecule has 0 radical (unpaired) electrons. The molecule has 0 aromatic rings. The Kier molecular flexibility index (Phi) is 1.92. The molecule has 3 atom stereocenters. The lowest BCUT2D eigenvalue weighted by Gasteiger charge is -2.08. The second kappa shape index (κ2) is 2.75. The standard InChI is InChI=1S/C7H13FNP/c8-10-9-4-6-2-1-3-7(6)5-9/h6-7,10H,1-5H2/t6-,7+. The second-order valence-corrected chi connectivity index (χ2v) is 4.24. The van der Waals surface area contributed by atoms with Gasteiger partial charge in [-0.2, -0.15) is 0 Å². The van der Waals surface area contributed by atoms with Gasteiger partial charge < -0.3 is 0 Å². The Labute approximate surface area is 62.9 Å². The highest BCUT2D eigenvalue weighted by molar-refractivity contribution is 7.28. The molecule has 1 aliphatic carbocycles. The Morgan fingerprint density at radius 3 is 2.30 bits per heavy atom. The maximum absolute atomic E-state index is 12.2. The van der Waals surface area contributed by atoms with Crippen LogP contribution in [0.25, 0.3) is 0 Å². The Morgan fingerprint density at radius 1 is 1.20 bits per heavy atom. The number of hydrogen-bond acceptors (Lipinski definition) is 1. The van der Waals surface area contributed by atoms with Gasteiger partial charge in [0.2, 0.25) is 0 Å². The first-order valence-corrected chi connectivity index (χ1v) is 4.84. The van der Waals surface area contributed by atoms with Crippen LogP contribution < -0.4 is 0 Å². The van der Waals surface area contributed by atoms with Gasteiger partial charge in [0.1, 0.15) is 9.04 Å². The normalized spacial score (nSPS) is 41.7. The minimum absolute atomic E-state index is 0.446. The molecule has 1 unspecified atom stereocenters. The molecule has 3 heteroatoms. The molecule has 10 heavy (non-hydrogen) atoms. The average Bonchev–Trinajstić information content (AvgIpc) is 2.42. The number of hydrogen-bond donors (Lipinski definition) is 0. The van der Waals surface area contributed by atoms with Crippen molar-refractivity contribution in [3.63, 3.8) is 0 Å². The van der Waals surface area contributed by atoms with Crippen LogP contribution in [0, 0.1) is 11.8 Å². The zero-order valence-electron chi connectivity index (χ0n) is 6.02. The SMILES string of the molecule is FPN1C[C@H]2CCC[C@H]2C1. The molecule has 2 aliphatic rings. The topological polar surface area (TPSA) is 3.24 Å². The average molecular weight is 161 g/mol. The van der Waals surface area contributed by atoms with Crippen LogP contribution in [0.15, 0.2) is 0 Å². The van der Waals surface area contributed by atoms with E-state index in [-0.39, 0.29) is 0 Å². The summed E-state index contributed by atoms with van der Waals surface area (Å²) in [5.41, 5.74) is 0.